The van der Waals surface area contributed by atoms with Crippen LogP contribution in [0.3, 0.4) is 0 Å². The molecule has 0 bridgehead atoms. The van der Waals surface area contributed by atoms with Crippen LogP contribution >= 0.6 is 11.3 Å². The number of carbonyl (C=O) groups is 2. The number of halogens is 3. The van der Waals surface area contributed by atoms with Crippen LogP contribution in [-0.4, -0.2) is 23.3 Å². The zero-order chi connectivity index (χ0) is 24.0. The molecular formula is C25H18F3N3O2S. The number of benzene rings is 2. The van der Waals surface area contributed by atoms with E-state index in [9.17, 15) is 22.8 Å². The maximum atomic E-state index is 13.0. The van der Waals surface area contributed by atoms with Crippen LogP contribution < -0.4 is 10.2 Å². The van der Waals surface area contributed by atoms with Crippen LogP contribution in [0.1, 0.15) is 36.9 Å². The molecule has 1 aliphatic heterocycles. The van der Waals surface area contributed by atoms with Crippen molar-refractivity contribution in [3.8, 4) is 0 Å². The SMILES string of the molecule is Cc1c(C(=O)Nc2ccc(C(=O)N3CCc4ccccc43)cc2)sc2nc(C(F)(F)F)ccc12. The van der Waals surface area contributed by atoms with E-state index in [1.807, 2.05) is 24.3 Å². The predicted molar refractivity (Wildman–Crippen MR) is 126 cm³/mol. The Morgan fingerprint density at radius 3 is 2.50 bits per heavy atom. The van der Waals surface area contributed by atoms with E-state index in [-0.39, 0.29) is 15.6 Å². The number of rotatable bonds is 3. The normalized spacial score (nSPS) is 13.2. The van der Waals surface area contributed by atoms with E-state index in [4.69, 9.17) is 0 Å². The summed E-state index contributed by atoms with van der Waals surface area (Å²) in [6.45, 7) is 2.30. The fourth-order valence-electron chi connectivity index (χ4n) is 4.06. The number of hydrogen-bond acceptors (Lipinski definition) is 4. The Balaban J connectivity index is 1.33. The van der Waals surface area contributed by atoms with E-state index >= 15 is 0 Å². The molecule has 0 spiro atoms. The van der Waals surface area contributed by atoms with Crippen LogP contribution in [0.25, 0.3) is 10.2 Å². The smallest absolute Gasteiger partial charge is 0.321 e. The molecule has 0 saturated heterocycles. The molecule has 2 aromatic heterocycles. The third kappa shape index (κ3) is 3.92. The molecule has 0 radical (unpaired) electrons. The molecular weight excluding hydrogens is 463 g/mol. The number of anilines is 2. The number of para-hydroxylation sites is 1. The van der Waals surface area contributed by atoms with Crippen molar-refractivity contribution in [2.45, 2.75) is 19.5 Å². The molecule has 2 aromatic carbocycles. The zero-order valence-corrected chi connectivity index (χ0v) is 18.8. The third-order valence-electron chi connectivity index (χ3n) is 5.82. The molecule has 3 heterocycles. The van der Waals surface area contributed by atoms with Crippen molar-refractivity contribution < 1.29 is 22.8 Å². The molecule has 0 unspecified atom stereocenters. The van der Waals surface area contributed by atoms with E-state index in [0.717, 1.165) is 35.1 Å². The average Bonchev–Trinajstić information content (AvgIpc) is 3.39. The Kier molecular flexibility index (Phi) is 5.36. The van der Waals surface area contributed by atoms with Gasteiger partial charge in [-0.2, -0.15) is 13.2 Å². The lowest BCUT2D eigenvalue weighted by Gasteiger charge is -2.17. The summed E-state index contributed by atoms with van der Waals surface area (Å²) < 4.78 is 38.9. The maximum Gasteiger partial charge on any atom is 0.433 e. The van der Waals surface area contributed by atoms with E-state index in [1.54, 1.807) is 36.1 Å². The Bertz CT molecular complexity index is 1430. The monoisotopic (exact) mass is 481 g/mol. The van der Waals surface area contributed by atoms with Gasteiger partial charge in [-0.05, 0) is 66.9 Å². The van der Waals surface area contributed by atoms with Crippen LogP contribution in [0.4, 0.5) is 24.5 Å². The molecule has 9 heteroatoms. The van der Waals surface area contributed by atoms with Crippen LogP contribution in [0, 0.1) is 6.92 Å². The summed E-state index contributed by atoms with van der Waals surface area (Å²) in [6, 6.07) is 16.6. The number of nitrogens with one attached hydrogen (secondary N) is 1. The zero-order valence-electron chi connectivity index (χ0n) is 17.9. The summed E-state index contributed by atoms with van der Waals surface area (Å²) >= 11 is 0.916. The lowest BCUT2D eigenvalue weighted by molar-refractivity contribution is -0.140. The van der Waals surface area contributed by atoms with Crippen molar-refractivity contribution in [2.75, 3.05) is 16.8 Å². The summed E-state index contributed by atoms with van der Waals surface area (Å²) in [6.07, 6.45) is -3.74. The van der Waals surface area contributed by atoms with E-state index < -0.39 is 17.8 Å². The largest absolute Gasteiger partial charge is 0.433 e. The molecule has 4 aromatic rings. The number of aromatic nitrogens is 1. The van der Waals surface area contributed by atoms with Crippen LogP contribution in [0.5, 0.6) is 0 Å². The first-order valence-corrected chi connectivity index (χ1v) is 11.3. The highest BCUT2D eigenvalue weighted by atomic mass is 32.1. The predicted octanol–water partition coefficient (Wildman–Crippen LogP) is 6.08. The molecule has 0 fully saturated rings. The minimum atomic E-state index is -4.55. The van der Waals surface area contributed by atoms with Crippen molar-refractivity contribution in [3.63, 3.8) is 0 Å². The van der Waals surface area contributed by atoms with Crippen molar-refractivity contribution in [2.24, 2.45) is 0 Å². The number of nitrogens with zero attached hydrogens (tertiary/aromatic N) is 2. The molecule has 5 rings (SSSR count). The second-order valence-electron chi connectivity index (χ2n) is 7.97. The molecule has 34 heavy (non-hydrogen) atoms. The van der Waals surface area contributed by atoms with Crippen molar-refractivity contribution >= 4 is 44.7 Å². The summed E-state index contributed by atoms with van der Waals surface area (Å²) in [4.78, 5) is 31.6. The fourth-order valence-corrected chi connectivity index (χ4v) is 5.14. The van der Waals surface area contributed by atoms with Crippen LogP contribution in [-0.2, 0) is 12.6 Å². The maximum absolute atomic E-state index is 13.0. The Morgan fingerprint density at radius 1 is 1.03 bits per heavy atom. The number of amides is 2. The van der Waals surface area contributed by atoms with Crippen LogP contribution in [0.2, 0.25) is 0 Å². The van der Waals surface area contributed by atoms with Gasteiger partial charge in [-0.3, -0.25) is 9.59 Å². The molecule has 2 amide bonds. The standard InChI is InChI=1S/C25H18F3N3O2S/c1-14-18-10-11-20(25(26,27)28)30-23(18)34-21(14)22(32)29-17-8-6-16(7-9-17)24(33)31-13-12-15-4-2-3-5-19(15)31/h2-11H,12-13H2,1H3,(H,29,32). The molecule has 0 atom stereocenters. The molecule has 5 nitrogen and oxygen atoms in total. The van der Waals surface area contributed by atoms with Gasteiger partial charge in [0.1, 0.15) is 10.5 Å². The highest BCUT2D eigenvalue weighted by Gasteiger charge is 2.33. The van der Waals surface area contributed by atoms with E-state index in [2.05, 4.69) is 10.3 Å². The van der Waals surface area contributed by atoms with Gasteiger partial charge >= 0.3 is 6.18 Å². The molecule has 1 N–H and O–H groups in total. The first kappa shape index (κ1) is 22.1. The quantitative estimate of drug-likeness (QED) is 0.386. The number of carbonyl (C=O) groups excluding carboxylic acids is 2. The number of hydrogen-bond donors (Lipinski definition) is 1. The highest BCUT2D eigenvalue weighted by Crippen LogP contribution is 2.34. The van der Waals surface area contributed by atoms with Gasteiger partial charge in [0.05, 0.1) is 4.88 Å². The second-order valence-corrected chi connectivity index (χ2v) is 8.97. The summed E-state index contributed by atoms with van der Waals surface area (Å²) in [5.74, 6) is -0.559. The van der Waals surface area contributed by atoms with Gasteiger partial charge in [-0.15, -0.1) is 11.3 Å². The second kappa shape index (κ2) is 8.25. The van der Waals surface area contributed by atoms with Gasteiger partial charge in [0.15, 0.2) is 0 Å². The van der Waals surface area contributed by atoms with Crippen molar-refractivity contribution in [3.05, 3.63) is 87.9 Å². The lowest BCUT2D eigenvalue weighted by Crippen LogP contribution is -2.28. The average molecular weight is 481 g/mol. The van der Waals surface area contributed by atoms with Gasteiger partial charge in [0, 0.05) is 28.9 Å². The van der Waals surface area contributed by atoms with Gasteiger partial charge < -0.3 is 10.2 Å². The first-order chi connectivity index (χ1) is 16.2. The van der Waals surface area contributed by atoms with E-state index in [1.165, 1.54) is 6.07 Å². The van der Waals surface area contributed by atoms with Gasteiger partial charge in [0.2, 0.25) is 0 Å². The van der Waals surface area contributed by atoms with Gasteiger partial charge in [-0.25, -0.2) is 4.98 Å². The Hall–Kier alpha value is -3.72. The summed E-state index contributed by atoms with van der Waals surface area (Å²) in [5.41, 5.74) is 2.59. The number of alkyl halides is 3. The molecule has 0 saturated carbocycles. The van der Waals surface area contributed by atoms with E-state index in [0.29, 0.717) is 28.7 Å². The number of pyridine rings is 1. The number of thiophene rings is 1. The molecule has 0 aliphatic carbocycles. The molecule has 172 valence electrons. The first-order valence-electron chi connectivity index (χ1n) is 10.5. The minimum absolute atomic E-state index is 0.116. The molecule has 1 aliphatic rings. The number of fused-ring (bicyclic) bond motifs is 2. The topological polar surface area (TPSA) is 62.3 Å². The van der Waals surface area contributed by atoms with Crippen molar-refractivity contribution in [1.82, 2.24) is 4.98 Å². The summed E-state index contributed by atoms with van der Waals surface area (Å²) in [7, 11) is 0. The minimum Gasteiger partial charge on any atom is -0.321 e. The Labute approximate surface area is 196 Å². The highest BCUT2D eigenvalue weighted by molar-refractivity contribution is 7.20. The van der Waals surface area contributed by atoms with Gasteiger partial charge in [-0.1, -0.05) is 18.2 Å². The number of aryl methyl sites for hydroxylation is 1. The fraction of sp³-hybridized carbons (Fsp3) is 0.160. The lowest BCUT2D eigenvalue weighted by atomic mass is 10.1. The Morgan fingerprint density at radius 2 is 1.76 bits per heavy atom. The third-order valence-corrected chi connectivity index (χ3v) is 7.02. The van der Waals surface area contributed by atoms with Gasteiger partial charge in [0.25, 0.3) is 11.8 Å². The summed E-state index contributed by atoms with van der Waals surface area (Å²) in [5, 5.41) is 3.26. The van der Waals surface area contributed by atoms with Crippen LogP contribution in [0.15, 0.2) is 60.7 Å². The van der Waals surface area contributed by atoms with Crippen molar-refractivity contribution in [1.29, 1.82) is 0 Å².